The van der Waals surface area contributed by atoms with Crippen LogP contribution >= 0.6 is 0 Å². The minimum absolute atomic E-state index is 0.155. The summed E-state index contributed by atoms with van der Waals surface area (Å²) in [6, 6.07) is 15.6. The van der Waals surface area contributed by atoms with Gasteiger partial charge in [0.25, 0.3) is 0 Å². The molecule has 0 aliphatic rings. The number of nitrogens with zero attached hydrogens (tertiary/aromatic N) is 5. The van der Waals surface area contributed by atoms with Crippen LogP contribution in [-0.4, -0.2) is 33.8 Å². The van der Waals surface area contributed by atoms with E-state index in [1.54, 1.807) is 23.1 Å². The van der Waals surface area contributed by atoms with E-state index in [-0.39, 0.29) is 25.0 Å². The zero-order valence-electron chi connectivity index (χ0n) is 14.0. The fourth-order valence-electron chi connectivity index (χ4n) is 3.14. The molecule has 26 heavy (non-hydrogen) atoms. The molecule has 1 unspecified atom stereocenters. The molecular formula is C19H15N5OSe. The average molecular weight is 408 g/mol. The molecule has 4 rings (SSSR count). The van der Waals surface area contributed by atoms with Crippen LogP contribution < -0.4 is 4.43 Å². The van der Waals surface area contributed by atoms with Gasteiger partial charge in [-0.3, -0.25) is 0 Å². The van der Waals surface area contributed by atoms with E-state index in [9.17, 15) is 4.79 Å². The first-order valence-electron chi connectivity index (χ1n) is 8.18. The Bertz CT molecular complexity index is 1150. The molecule has 0 aliphatic heterocycles. The van der Waals surface area contributed by atoms with Gasteiger partial charge in [-0.25, -0.2) is 0 Å². The van der Waals surface area contributed by atoms with E-state index >= 15 is 0 Å². The van der Waals surface area contributed by atoms with E-state index in [1.165, 1.54) is 6.33 Å². The predicted octanol–water partition coefficient (Wildman–Crippen LogP) is 2.18. The van der Waals surface area contributed by atoms with Crippen LogP contribution in [0.2, 0.25) is 0 Å². The second kappa shape index (κ2) is 6.75. The Morgan fingerprint density at radius 1 is 1.19 bits per heavy atom. The molecule has 0 bridgehead atoms. The standard InChI is InChI=1S/C19H15N5OSe/c1-2-23-16-8-7-15(9-17(16)26-19(23)25)18(24-12-21-11-22-24)14-5-3-13(10-20)4-6-14/h3-9,11-12,18H,2H2,1H3. The van der Waals surface area contributed by atoms with Crippen LogP contribution in [0.3, 0.4) is 0 Å². The van der Waals surface area contributed by atoms with Crippen molar-refractivity contribution in [3.8, 4) is 6.07 Å². The van der Waals surface area contributed by atoms with Gasteiger partial charge in [0.2, 0.25) is 0 Å². The zero-order valence-corrected chi connectivity index (χ0v) is 15.7. The van der Waals surface area contributed by atoms with Crippen molar-refractivity contribution < 1.29 is 0 Å². The van der Waals surface area contributed by atoms with Gasteiger partial charge in [0.05, 0.1) is 0 Å². The first-order chi connectivity index (χ1) is 12.7. The monoisotopic (exact) mass is 409 g/mol. The van der Waals surface area contributed by atoms with Gasteiger partial charge in [-0.15, -0.1) is 0 Å². The number of nitriles is 1. The Hall–Kier alpha value is -2.94. The molecule has 0 N–H and O–H groups in total. The van der Waals surface area contributed by atoms with Crippen LogP contribution in [0.15, 0.2) is 59.9 Å². The van der Waals surface area contributed by atoms with Crippen LogP contribution in [0.1, 0.15) is 29.7 Å². The molecule has 1 atom stereocenters. The van der Waals surface area contributed by atoms with E-state index < -0.39 is 0 Å². The number of benzene rings is 2. The summed E-state index contributed by atoms with van der Waals surface area (Å²) in [5.74, 6) is 0. The minimum atomic E-state index is -0.196. The summed E-state index contributed by atoms with van der Waals surface area (Å²) in [5.41, 5.74) is 3.69. The third kappa shape index (κ3) is 2.80. The van der Waals surface area contributed by atoms with Gasteiger partial charge < -0.3 is 0 Å². The first-order valence-corrected chi connectivity index (χ1v) is 9.90. The number of aromatic nitrogens is 4. The third-order valence-electron chi connectivity index (χ3n) is 4.38. The van der Waals surface area contributed by atoms with Gasteiger partial charge in [0, 0.05) is 0 Å². The molecule has 4 aromatic rings. The number of aryl methyl sites for hydroxylation is 1. The zero-order chi connectivity index (χ0) is 18.1. The molecule has 0 spiro atoms. The van der Waals surface area contributed by atoms with Crippen molar-refractivity contribution in [3.05, 3.63) is 81.0 Å². The third-order valence-corrected chi connectivity index (χ3v) is 6.36. The Morgan fingerprint density at radius 3 is 2.62 bits per heavy atom. The molecule has 2 aromatic carbocycles. The van der Waals surface area contributed by atoms with Crippen molar-refractivity contribution >= 4 is 24.3 Å². The fourth-order valence-corrected chi connectivity index (χ4v) is 5.25. The van der Waals surface area contributed by atoms with Gasteiger partial charge >= 0.3 is 155 Å². The molecule has 0 radical (unpaired) electrons. The number of hydrogen-bond acceptors (Lipinski definition) is 4. The molecular weight excluding hydrogens is 393 g/mol. The maximum atomic E-state index is 12.2. The van der Waals surface area contributed by atoms with Crippen molar-refractivity contribution in [2.75, 3.05) is 0 Å². The van der Waals surface area contributed by atoms with Crippen LogP contribution in [0.5, 0.6) is 0 Å². The molecule has 2 heterocycles. The quantitative estimate of drug-likeness (QED) is 0.485. The number of fused-ring (bicyclic) bond motifs is 1. The first kappa shape index (κ1) is 16.5. The molecule has 0 amide bonds. The summed E-state index contributed by atoms with van der Waals surface area (Å²) in [6.07, 6.45) is 3.20. The maximum absolute atomic E-state index is 12.2. The second-order valence-corrected chi connectivity index (χ2v) is 7.94. The molecule has 0 fully saturated rings. The molecule has 0 aliphatic carbocycles. The number of hydrogen-bond donors (Lipinski definition) is 0. The fraction of sp³-hybridized carbons (Fsp3) is 0.158. The van der Waals surface area contributed by atoms with Crippen LogP contribution in [-0.2, 0) is 6.54 Å². The molecule has 128 valence electrons. The topological polar surface area (TPSA) is 76.5 Å². The Kier molecular flexibility index (Phi) is 4.29. The summed E-state index contributed by atoms with van der Waals surface area (Å²) in [5, 5.41) is 13.4. The Labute approximate surface area is 155 Å². The van der Waals surface area contributed by atoms with E-state index in [1.807, 2.05) is 35.8 Å². The average Bonchev–Trinajstić information content (AvgIpc) is 3.29. The summed E-state index contributed by atoms with van der Waals surface area (Å²) in [6.45, 7) is 2.68. The molecule has 6 nitrogen and oxygen atoms in total. The van der Waals surface area contributed by atoms with Crippen LogP contribution in [0.25, 0.3) is 9.78 Å². The van der Waals surface area contributed by atoms with Crippen molar-refractivity contribution in [2.24, 2.45) is 0 Å². The van der Waals surface area contributed by atoms with Gasteiger partial charge in [0.15, 0.2) is 0 Å². The summed E-state index contributed by atoms with van der Waals surface area (Å²) < 4.78 is 4.93. The van der Waals surface area contributed by atoms with Gasteiger partial charge in [0.1, 0.15) is 0 Å². The second-order valence-electron chi connectivity index (χ2n) is 5.85. The molecule has 7 heteroatoms. The van der Waals surface area contributed by atoms with Crippen molar-refractivity contribution in [1.29, 1.82) is 5.26 Å². The van der Waals surface area contributed by atoms with E-state index in [4.69, 9.17) is 5.26 Å². The molecule has 2 aromatic heterocycles. The van der Waals surface area contributed by atoms with E-state index in [2.05, 4.69) is 22.2 Å². The van der Waals surface area contributed by atoms with Gasteiger partial charge in [-0.2, -0.15) is 0 Å². The van der Waals surface area contributed by atoms with Gasteiger partial charge in [-0.1, -0.05) is 0 Å². The van der Waals surface area contributed by atoms with E-state index in [0.29, 0.717) is 12.1 Å². The molecule has 0 saturated carbocycles. The summed E-state index contributed by atoms with van der Waals surface area (Å²) in [7, 11) is 0. The number of rotatable bonds is 4. The van der Waals surface area contributed by atoms with Crippen LogP contribution in [0, 0.1) is 11.3 Å². The summed E-state index contributed by atoms with van der Waals surface area (Å²) >= 11 is -0.196. The SMILES string of the molecule is CCn1c(=O)[se]c2cc(C(c3ccc(C#N)cc3)n3cncn3)ccc21. The van der Waals surface area contributed by atoms with Gasteiger partial charge in [-0.05, 0) is 0 Å². The van der Waals surface area contributed by atoms with Crippen molar-refractivity contribution in [1.82, 2.24) is 19.3 Å². The van der Waals surface area contributed by atoms with Crippen molar-refractivity contribution in [3.63, 3.8) is 0 Å². The molecule has 0 saturated heterocycles. The normalized spacial score (nSPS) is 12.2. The Balaban J connectivity index is 1.87. The Morgan fingerprint density at radius 2 is 1.96 bits per heavy atom. The summed E-state index contributed by atoms with van der Waals surface area (Å²) in [4.78, 5) is 16.3. The predicted molar refractivity (Wildman–Crippen MR) is 99.2 cm³/mol. The van der Waals surface area contributed by atoms with E-state index in [0.717, 1.165) is 20.9 Å². The van der Waals surface area contributed by atoms with Crippen molar-refractivity contribution in [2.45, 2.75) is 19.5 Å². The van der Waals surface area contributed by atoms with Crippen LogP contribution in [0.4, 0.5) is 0 Å².